The van der Waals surface area contributed by atoms with Gasteiger partial charge < -0.3 is 11.1 Å². The zero-order valence-electron chi connectivity index (χ0n) is 9.10. The largest absolute Gasteiger partial charge is 0.396 e. The van der Waals surface area contributed by atoms with Crippen LogP contribution in [0.25, 0.3) is 0 Å². The van der Waals surface area contributed by atoms with Crippen LogP contribution in [0.1, 0.15) is 11.3 Å². The summed E-state index contributed by atoms with van der Waals surface area (Å²) in [6, 6.07) is 1.90. The number of aromatic nitrogens is 2. The second kappa shape index (κ2) is 4.94. The topological polar surface area (TPSA) is 63.8 Å². The Hall–Kier alpha value is -1.62. The SMILES string of the molecule is Cc1ccnc(NCCc2cscn2)c1N. The lowest BCUT2D eigenvalue weighted by Gasteiger charge is -2.08. The van der Waals surface area contributed by atoms with Crippen molar-refractivity contribution < 1.29 is 0 Å². The molecule has 0 bridgehead atoms. The molecule has 0 aliphatic heterocycles. The van der Waals surface area contributed by atoms with E-state index in [1.165, 1.54) is 0 Å². The molecule has 5 heteroatoms. The van der Waals surface area contributed by atoms with Crippen LogP contribution < -0.4 is 11.1 Å². The number of nitrogen functional groups attached to an aromatic ring is 1. The molecule has 0 unspecified atom stereocenters. The Bertz CT molecular complexity index is 453. The molecule has 0 aromatic carbocycles. The van der Waals surface area contributed by atoms with Crippen LogP contribution in [0.5, 0.6) is 0 Å². The van der Waals surface area contributed by atoms with Gasteiger partial charge >= 0.3 is 0 Å². The van der Waals surface area contributed by atoms with Gasteiger partial charge in [-0.15, -0.1) is 11.3 Å². The van der Waals surface area contributed by atoms with Gasteiger partial charge in [0.1, 0.15) is 5.82 Å². The van der Waals surface area contributed by atoms with Crippen molar-refractivity contribution in [2.45, 2.75) is 13.3 Å². The molecule has 0 aliphatic carbocycles. The van der Waals surface area contributed by atoms with Crippen LogP contribution in [0.4, 0.5) is 11.5 Å². The Morgan fingerprint density at radius 3 is 3.06 bits per heavy atom. The lowest BCUT2D eigenvalue weighted by Crippen LogP contribution is -2.09. The third-order valence-electron chi connectivity index (χ3n) is 2.37. The predicted octanol–water partition coefficient (Wildman–Crippen LogP) is 2.08. The van der Waals surface area contributed by atoms with E-state index in [2.05, 4.69) is 20.7 Å². The molecule has 2 aromatic heterocycles. The smallest absolute Gasteiger partial charge is 0.149 e. The van der Waals surface area contributed by atoms with Crippen molar-refractivity contribution in [2.75, 3.05) is 17.6 Å². The molecule has 0 amide bonds. The van der Waals surface area contributed by atoms with E-state index in [0.717, 1.165) is 35.7 Å². The summed E-state index contributed by atoms with van der Waals surface area (Å²) in [5, 5.41) is 5.27. The third kappa shape index (κ3) is 2.49. The molecule has 2 aromatic rings. The van der Waals surface area contributed by atoms with Crippen LogP contribution in [0, 0.1) is 6.92 Å². The molecule has 0 atom stereocenters. The summed E-state index contributed by atoms with van der Waals surface area (Å²) < 4.78 is 0. The minimum atomic E-state index is 0.723. The van der Waals surface area contributed by atoms with Gasteiger partial charge in [0.2, 0.25) is 0 Å². The summed E-state index contributed by atoms with van der Waals surface area (Å²) in [6.45, 7) is 2.77. The molecular weight excluding hydrogens is 220 g/mol. The first-order chi connectivity index (χ1) is 7.77. The van der Waals surface area contributed by atoms with Crippen molar-refractivity contribution >= 4 is 22.8 Å². The molecule has 0 radical (unpaired) electrons. The number of anilines is 2. The lowest BCUT2D eigenvalue weighted by atomic mass is 10.2. The molecule has 0 fully saturated rings. The van der Waals surface area contributed by atoms with Gasteiger partial charge in [0, 0.05) is 24.5 Å². The maximum absolute atomic E-state index is 5.90. The molecule has 3 N–H and O–H groups in total. The minimum absolute atomic E-state index is 0.723. The summed E-state index contributed by atoms with van der Waals surface area (Å²) >= 11 is 1.61. The van der Waals surface area contributed by atoms with Crippen LogP contribution >= 0.6 is 11.3 Å². The molecule has 4 nitrogen and oxygen atoms in total. The quantitative estimate of drug-likeness (QED) is 0.850. The zero-order valence-corrected chi connectivity index (χ0v) is 9.92. The van der Waals surface area contributed by atoms with Crippen LogP contribution in [0.2, 0.25) is 0 Å². The van der Waals surface area contributed by atoms with E-state index >= 15 is 0 Å². The number of rotatable bonds is 4. The second-order valence-corrected chi connectivity index (χ2v) is 4.27. The molecule has 16 heavy (non-hydrogen) atoms. The highest BCUT2D eigenvalue weighted by Crippen LogP contribution is 2.18. The summed E-state index contributed by atoms with van der Waals surface area (Å²) in [5.74, 6) is 0.759. The van der Waals surface area contributed by atoms with E-state index in [9.17, 15) is 0 Å². The van der Waals surface area contributed by atoms with Gasteiger partial charge in [-0.25, -0.2) is 9.97 Å². The molecule has 84 valence electrons. The van der Waals surface area contributed by atoms with Gasteiger partial charge in [-0.05, 0) is 18.6 Å². The maximum Gasteiger partial charge on any atom is 0.149 e. The number of aryl methyl sites for hydroxylation is 1. The molecular formula is C11H14N4S. The first kappa shape index (κ1) is 10.9. The summed E-state index contributed by atoms with van der Waals surface area (Å²) in [6.07, 6.45) is 2.65. The first-order valence-electron chi connectivity index (χ1n) is 5.09. The molecule has 0 spiro atoms. The standard InChI is InChI=1S/C11H14N4S/c1-8-2-4-13-11(10(8)12)14-5-3-9-6-16-7-15-9/h2,4,6-7H,3,5,12H2,1H3,(H,13,14). The maximum atomic E-state index is 5.90. The van der Waals surface area contributed by atoms with Crippen molar-refractivity contribution in [2.24, 2.45) is 0 Å². The van der Waals surface area contributed by atoms with Gasteiger partial charge in [-0.1, -0.05) is 0 Å². The van der Waals surface area contributed by atoms with E-state index in [4.69, 9.17) is 5.73 Å². The summed E-state index contributed by atoms with van der Waals surface area (Å²) in [4.78, 5) is 8.42. The predicted molar refractivity (Wildman–Crippen MR) is 67.7 cm³/mol. The third-order valence-corrected chi connectivity index (χ3v) is 3.00. The Morgan fingerprint density at radius 1 is 1.44 bits per heavy atom. The number of pyridine rings is 1. The Kier molecular flexibility index (Phi) is 3.36. The molecule has 0 saturated heterocycles. The Balaban J connectivity index is 1.92. The highest BCUT2D eigenvalue weighted by molar-refractivity contribution is 7.07. The van der Waals surface area contributed by atoms with Crippen molar-refractivity contribution in [1.29, 1.82) is 0 Å². The van der Waals surface area contributed by atoms with Crippen LogP contribution in [0.3, 0.4) is 0 Å². The Labute approximate surface area is 98.6 Å². The van der Waals surface area contributed by atoms with Crippen LogP contribution in [-0.2, 0) is 6.42 Å². The lowest BCUT2D eigenvalue weighted by molar-refractivity contribution is 0.968. The Morgan fingerprint density at radius 2 is 2.31 bits per heavy atom. The first-order valence-corrected chi connectivity index (χ1v) is 6.03. The van der Waals surface area contributed by atoms with Crippen molar-refractivity contribution in [3.63, 3.8) is 0 Å². The van der Waals surface area contributed by atoms with Gasteiger partial charge in [0.15, 0.2) is 0 Å². The molecule has 0 saturated carbocycles. The van der Waals surface area contributed by atoms with E-state index < -0.39 is 0 Å². The van der Waals surface area contributed by atoms with E-state index in [1.54, 1.807) is 17.5 Å². The van der Waals surface area contributed by atoms with Crippen molar-refractivity contribution in [3.8, 4) is 0 Å². The second-order valence-electron chi connectivity index (χ2n) is 3.55. The fourth-order valence-electron chi connectivity index (χ4n) is 1.38. The number of hydrogen-bond acceptors (Lipinski definition) is 5. The molecule has 0 aliphatic rings. The molecule has 2 rings (SSSR count). The fraction of sp³-hybridized carbons (Fsp3) is 0.273. The number of nitrogens with zero attached hydrogens (tertiary/aromatic N) is 2. The fourth-order valence-corrected chi connectivity index (χ4v) is 1.97. The number of nitrogens with one attached hydrogen (secondary N) is 1. The molecule has 2 heterocycles. The van der Waals surface area contributed by atoms with Crippen molar-refractivity contribution in [3.05, 3.63) is 34.4 Å². The minimum Gasteiger partial charge on any atom is -0.396 e. The zero-order chi connectivity index (χ0) is 11.4. The average Bonchev–Trinajstić information content (AvgIpc) is 2.77. The van der Waals surface area contributed by atoms with Crippen molar-refractivity contribution in [1.82, 2.24) is 9.97 Å². The highest BCUT2D eigenvalue weighted by Gasteiger charge is 2.02. The van der Waals surface area contributed by atoms with Crippen LogP contribution in [-0.4, -0.2) is 16.5 Å². The number of hydrogen-bond donors (Lipinski definition) is 2. The normalized spacial score (nSPS) is 10.3. The summed E-state index contributed by atoms with van der Waals surface area (Å²) in [7, 11) is 0. The number of nitrogens with two attached hydrogens (primary N) is 1. The van der Waals surface area contributed by atoms with Crippen LogP contribution in [0.15, 0.2) is 23.2 Å². The van der Waals surface area contributed by atoms with Gasteiger partial charge in [0.25, 0.3) is 0 Å². The average molecular weight is 234 g/mol. The summed E-state index contributed by atoms with van der Waals surface area (Å²) in [5.41, 5.74) is 10.6. The van der Waals surface area contributed by atoms with Gasteiger partial charge in [0.05, 0.1) is 16.9 Å². The number of thiazole rings is 1. The van der Waals surface area contributed by atoms with Gasteiger partial charge in [-0.2, -0.15) is 0 Å². The van der Waals surface area contributed by atoms with Gasteiger partial charge in [-0.3, -0.25) is 0 Å². The van der Waals surface area contributed by atoms with E-state index in [0.29, 0.717) is 0 Å². The van der Waals surface area contributed by atoms with E-state index in [1.807, 2.05) is 18.5 Å². The van der Waals surface area contributed by atoms with E-state index in [-0.39, 0.29) is 0 Å². The highest BCUT2D eigenvalue weighted by atomic mass is 32.1. The monoisotopic (exact) mass is 234 g/mol.